The molecule has 1 saturated heterocycles. The minimum Gasteiger partial charge on any atom is -0.497 e. The first-order valence-corrected chi connectivity index (χ1v) is 8.37. The molecule has 0 amide bonds. The minimum absolute atomic E-state index is 0.688. The molecule has 2 aliphatic rings. The van der Waals surface area contributed by atoms with Crippen LogP contribution in [0.3, 0.4) is 0 Å². The Bertz CT molecular complexity index is 433. The number of hydrogen-bond donors (Lipinski definition) is 1. The number of methoxy groups -OCH3 is 1. The number of ether oxygens (including phenoxy) is 1. The van der Waals surface area contributed by atoms with Crippen LogP contribution in [-0.4, -0.2) is 43.7 Å². The zero-order valence-electron chi connectivity index (χ0n) is 13.3. The van der Waals surface area contributed by atoms with Crippen LogP contribution in [0.1, 0.15) is 44.1 Å². The first-order valence-electron chi connectivity index (χ1n) is 8.37. The zero-order valence-corrected chi connectivity index (χ0v) is 13.3. The maximum Gasteiger partial charge on any atom is 0.118 e. The van der Waals surface area contributed by atoms with E-state index in [4.69, 9.17) is 4.74 Å². The Labute approximate surface area is 128 Å². The van der Waals surface area contributed by atoms with Gasteiger partial charge in [0.25, 0.3) is 0 Å². The van der Waals surface area contributed by atoms with Gasteiger partial charge in [-0.3, -0.25) is 4.90 Å². The Morgan fingerprint density at radius 3 is 2.48 bits per heavy atom. The second-order valence-corrected chi connectivity index (χ2v) is 6.64. The Morgan fingerprint density at radius 1 is 1.19 bits per heavy atom. The topological polar surface area (TPSA) is 24.5 Å². The molecule has 1 aliphatic carbocycles. The van der Waals surface area contributed by atoms with Crippen molar-refractivity contribution >= 4 is 0 Å². The molecule has 21 heavy (non-hydrogen) atoms. The lowest BCUT2D eigenvalue weighted by Crippen LogP contribution is -2.46. The number of nitrogens with zero attached hydrogens (tertiary/aromatic N) is 1. The maximum atomic E-state index is 5.22. The van der Waals surface area contributed by atoms with Crippen molar-refractivity contribution in [1.29, 1.82) is 0 Å². The van der Waals surface area contributed by atoms with E-state index in [0.29, 0.717) is 12.1 Å². The summed E-state index contributed by atoms with van der Waals surface area (Å²) in [7, 11) is 1.72. The summed E-state index contributed by atoms with van der Waals surface area (Å²) in [6, 6.07) is 9.98. The summed E-state index contributed by atoms with van der Waals surface area (Å²) in [6.07, 6.45) is 5.32. The van der Waals surface area contributed by atoms with Crippen LogP contribution in [0.25, 0.3) is 0 Å². The Morgan fingerprint density at radius 2 is 1.86 bits per heavy atom. The fraction of sp³-hybridized carbons (Fsp3) is 0.667. The summed E-state index contributed by atoms with van der Waals surface area (Å²) in [4.78, 5) is 2.62. The maximum absolute atomic E-state index is 5.22. The van der Waals surface area contributed by atoms with Crippen LogP contribution in [0, 0.1) is 0 Å². The van der Waals surface area contributed by atoms with Crippen LogP contribution in [0.2, 0.25) is 0 Å². The number of rotatable bonds is 6. The van der Waals surface area contributed by atoms with E-state index >= 15 is 0 Å². The molecule has 3 nitrogen and oxygen atoms in total. The van der Waals surface area contributed by atoms with Crippen molar-refractivity contribution in [3.8, 4) is 5.75 Å². The van der Waals surface area contributed by atoms with E-state index in [1.807, 2.05) is 0 Å². The van der Waals surface area contributed by atoms with Gasteiger partial charge in [-0.25, -0.2) is 0 Å². The highest BCUT2D eigenvalue weighted by molar-refractivity contribution is 5.30. The van der Waals surface area contributed by atoms with E-state index in [2.05, 4.69) is 41.4 Å². The van der Waals surface area contributed by atoms with Crippen molar-refractivity contribution in [2.24, 2.45) is 0 Å². The van der Waals surface area contributed by atoms with Gasteiger partial charge >= 0.3 is 0 Å². The molecule has 1 unspecified atom stereocenters. The molecule has 0 aromatic heterocycles. The van der Waals surface area contributed by atoms with Gasteiger partial charge in [-0.05, 0) is 69.3 Å². The summed E-state index contributed by atoms with van der Waals surface area (Å²) < 4.78 is 5.22. The molecule has 0 bridgehead atoms. The van der Waals surface area contributed by atoms with Crippen molar-refractivity contribution in [2.45, 2.75) is 50.6 Å². The predicted molar refractivity (Wildman–Crippen MR) is 87.0 cm³/mol. The van der Waals surface area contributed by atoms with Gasteiger partial charge in [0, 0.05) is 18.6 Å². The third-order valence-corrected chi connectivity index (χ3v) is 5.19. The van der Waals surface area contributed by atoms with Crippen LogP contribution in [0.4, 0.5) is 0 Å². The van der Waals surface area contributed by atoms with Crippen LogP contribution in [0.15, 0.2) is 24.3 Å². The summed E-state index contributed by atoms with van der Waals surface area (Å²) in [6.45, 7) is 6.09. The summed E-state index contributed by atoms with van der Waals surface area (Å²) in [5.41, 5.74) is 1.46. The van der Waals surface area contributed by atoms with Gasteiger partial charge in [-0.15, -0.1) is 0 Å². The zero-order chi connectivity index (χ0) is 14.7. The van der Waals surface area contributed by atoms with E-state index in [1.165, 1.54) is 44.3 Å². The van der Waals surface area contributed by atoms with Crippen LogP contribution < -0.4 is 10.1 Å². The summed E-state index contributed by atoms with van der Waals surface area (Å²) in [5.74, 6) is 1.68. The molecule has 0 spiro atoms. The largest absolute Gasteiger partial charge is 0.497 e. The molecule has 1 N–H and O–H groups in total. The van der Waals surface area contributed by atoms with Crippen molar-refractivity contribution in [3.05, 3.63) is 29.8 Å². The molecule has 1 aromatic rings. The number of benzene rings is 1. The molecule has 1 aliphatic heterocycles. The van der Waals surface area contributed by atoms with E-state index in [1.54, 1.807) is 7.11 Å². The molecule has 3 rings (SSSR count). The van der Waals surface area contributed by atoms with Gasteiger partial charge in [0.15, 0.2) is 0 Å². The molecular formula is C18H28N2O. The molecule has 116 valence electrons. The standard InChI is InChI=1S/C18H28N2O/c1-14(20-9-3-4-10-20)13-19-17-11-16(12-17)15-5-7-18(21-2)8-6-15/h5-8,14,16-17,19H,3-4,9-13H2,1-2H3. The first-order chi connectivity index (χ1) is 10.3. The number of likely N-dealkylation sites (tertiary alicyclic amines) is 1. The van der Waals surface area contributed by atoms with E-state index in [9.17, 15) is 0 Å². The number of nitrogens with one attached hydrogen (secondary N) is 1. The Balaban J connectivity index is 1.39. The minimum atomic E-state index is 0.688. The highest BCUT2D eigenvalue weighted by Crippen LogP contribution is 2.37. The monoisotopic (exact) mass is 288 g/mol. The normalized spacial score (nSPS) is 27.3. The highest BCUT2D eigenvalue weighted by atomic mass is 16.5. The summed E-state index contributed by atoms with van der Waals surface area (Å²) in [5, 5.41) is 3.75. The lowest BCUT2D eigenvalue weighted by atomic mass is 9.76. The Hall–Kier alpha value is -1.06. The quantitative estimate of drug-likeness (QED) is 0.871. The molecule has 2 fully saturated rings. The number of hydrogen-bond acceptors (Lipinski definition) is 3. The smallest absolute Gasteiger partial charge is 0.118 e. The molecule has 1 saturated carbocycles. The molecule has 1 atom stereocenters. The third kappa shape index (κ3) is 3.58. The van der Waals surface area contributed by atoms with Crippen molar-refractivity contribution in [1.82, 2.24) is 10.2 Å². The lowest BCUT2D eigenvalue weighted by Gasteiger charge is -2.38. The van der Waals surface area contributed by atoms with Gasteiger partial charge in [-0.1, -0.05) is 12.1 Å². The summed E-state index contributed by atoms with van der Waals surface area (Å²) >= 11 is 0. The average molecular weight is 288 g/mol. The average Bonchev–Trinajstić information content (AvgIpc) is 3.00. The lowest BCUT2D eigenvalue weighted by molar-refractivity contribution is 0.219. The van der Waals surface area contributed by atoms with E-state index in [0.717, 1.165) is 18.2 Å². The first kappa shape index (κ1) is 14.9. The molecule has 1 aromatic carbocycles. The van der Waals surface area contributed by atoms with Crippen molar-refractivity contribution in [3.63, 3.8) is 0 Å². The van der Waals surface area contributed by atoms with Gasteiger partial charge < -0.3 is 10.1 Å². The fourth-order valence-corrected chi connectivity index (χ4v) is 3.58. The van der Waals surface area contributed by atoms with Gasteiger partial charge in [0.2, 0.25) is 0 Å². The van der Waals surface area contributed by atoms with Crippen LogP contribution in [0.5, 0.6) is 5.75 Å². The van der Waals surface area contributed by atoms with Gasteiger partial charge in [0.05, 0.1) is 7.11 Å². The molecule has 1 heterocycles. The third-order valence-electron chi connectivity index (χ3n) is 5.19. The van der Waals surface area contributed by atoms with Crippen LogP contribution >= 0.6 is 0 Å². The van der Waals surface area contributed by atoms with E-state index < -0.39 is 0 Å². The SMILES string of the molecule is COc1ccc(C2CC(NCC(C)N3CCCC3)C2)cc1. The second-order valence-electron chi connectivity index (χ2n) is 6.64. The Kier molecular flexibility index (Phi) is 4.81. The highest BCUT2D eigenvalue weighted by Gasteiger charge is 2.30. The molecular weight excluding hydrogens is 260 g/mol. The van der Waals surface area contributed by atoms with Gasteiger partial charge in [0.1, 0.15) is 5.75 Å². The molecule has 3 heteroatoms. The van der Waals surface area contributed by atoms with Crippen molar-refractivity contribution < 1.29 is 4.74 Å². The predicted octanol–water partition coefficient (Wildman–Crippen LogP) is 3.02. The van der Waals surface area contributed by atoms with E-state index in [-0.39, 0.29) is 0 Å². The second kappa shape index (κ2) is 6.80. The van der Waals surface area contributed by atoms with Gasteiger partial charge in [-0.2, -0.15) is 0 Å². The van der Waals surface area contributed by atoms with Crippen molar-refractivity contribution in [2.75, 3.05) is 26.7 Å². The molecule has 0 radical (unpaired) electrons. The van der Waals surface area contributed by atoms with Crippen LogP contribution in [-0.2, 0) is 0 Å². The fourth-order valence-electron chi connectivity index (χ4n) is 3.58.